The Morgan fingerprint density at radius 3 is 2.74 bits per heavy atom. The molecule has 3 heterocycles. The number of aromatic nitrogens is 4. The van der Waals surface area contributed by atoms with Gasteiger partial charge in [0.1, 0.15) is 11.8 Å². The maximum absolute atomic E-state index is 12.9. The first kappa shape index (κ1) is 17.5. The van der Waals surface area contributed by atoms with E-state index in [0.717, 1.165) is 23.6 Å². The van der Waals surface area contributed by atoms with E-state index in [0.29, 0.717) is 30.5 Å². The van der Waals surface area contributed by atoms with Gasteiger partial charge in [-0.1, -0.05) is 49.3 Å². The largest absolute Gasteiger partial charge is 0.361 e. The molecule has 140 valence electrons. The van der Waals surface area contributed by atoms with Crippen LogP contribution in [0.3, 0.4) is 0 Å². The molecular weight excluding hydrogens is 342 g/mol. The molecule has 1 aliphatic heterocycles. The van der Waals surface area contributed by atoms with Gasteiger partial charge in [0, 0.05) is 19.0 Å². The number of fused-ring (bicyclic) bond motifs is 1. The topological polar surface area (TPSA) is 77.1 Å². The lowest BCUT2D eigenvalue weighted by molar-refractivity contribution is -0.137. The number of carbonyl (C=O) groups excluding carboxylic acids is 1. The Bertz CT molecular complexity index is 944. The fourth-order valence-corrected chi connectivity index (χ4v) is 3.49. The van der Waals surface area contributed by atoms with Gasteiger partial charge in [-0.05, 0) is 18.4 Å². The number of hydrogen-bond acceptors (Lipinski definition) is 5. The normalized spacial score (nSPS) is 16.8. The number of rotatable bonds is 5. The number of hydrogen-bond donors (Lipinski definition) is 0. The quantitative estimate of drug-likeness (QED) is 0.694. The Morgan fingerprint density at radius 2 is 2.00 bits per heavy atom. The van der Waals surface area contributed by atoms with Gasteiger partial charge in [0.05, 0.1) is 6.54 Å². The van der Waals surface area contributed by atoms with E-state index < -0.39 is 0 Å². The van der Waals surface area contributed by atoms with E-state index in [1.54, 1.807) is 0 Å². The molecule has 7 nitrogen and oxygen atoms in total. The Kier molecular flexibility index (Phi) is 4.51. The van der Waals surface area contributed by atoms with Crippen LogP contribution in [-0.2, 0) is 24.3 Å². The maximum Gasteiger partial charge on any atom is 0.246 e. The smallest absolute Gasteiger partial charge is 0.246 e. The van der Waals surface area contributed by atoms with E-state index >= 15 is 0 Å². The predicted molar refractivity (Wildman–Crippen MR) is 99.5 cm³/mol. The molecule has 0 N–H and O–H groups in total. The van der Waals surface area contributed by atoms with Crippen molar-refractivity contribution in [3.05, 3.63) is 53.5 Å². The van der Waals surface area contributed by atoms with E-state index in [2.05, 4.69) is 29.2 Å². The van der Waals surface area contributed by atoms with Gasteiger partial charge in [0.25, 0.3) is 0 Å². The molecule has 4 rings (SSSR count). The molecule has 0 saturated heterocycles. The van der Waals surface area contributed by atoms with Crippen molar-refractivity contribution in [2.75, 3.05) is 0 Å². The summed E-state index contributed by atoms with van der Waals surface area (Å²) >= 11 is 0. The molecule has 1 amide bonds. The van der Waals surface area contributed by atoms with Crippen LogP contribution in [0.15, 0.2) is 40.9 Å². The molecule has 0 aliphatic carbocycles. The van der Waals surface area contributed by atoms with E-state index in [4.69, 9.17) is 4.52 Å². The second-order valence-corrected chi connectivity index (χ2v) is 7.44. The zero-order chi connectivity index (χ0) is 19.0. The van der Waals surface area contributed by atoms with Crippen LogP contribution < -0.4 is 0 Å². The first-order valence-corrected chi connectivity index (χ1v) is 9.25. The Balaban J connectivity index is 1.61. The van der Waals surface area contributed by atoms with Crippen molar-refractivity contribution in [2.45, 2.75) is 46.3 Å². The third-order valence-corrected chi connectivity index (χ3v) is 4.77. The highest BCUT2D eigenvalue weighted by atomic mass is 16.5. The summed E-state index contributed by atoms with van der Waals surface area (Å²) in [6, 6.07) is 11.5. The minimum atomic E-state index is -0.382. The standard InChI is InChI=1S/C20H23N5O2/c1-13(2)9-16-10-17(23-27-16)19-22-21-18-12-24(20(26)14(3)25(18)19)11-15-7-5-4-6-8-15/h4-8,10,13-14H,9,11-12H2,1-3H3/t14-/m1/s1. The fourth-order valence-electron chi connectivity index (χ4n) is 3.49. The van der Waals surface area contributed by atoms with Crippen LogP contribution in [-0.4, -0.2) is 30.7 Å². The SMILES string of the molecule is CC(C)Cc1cc(-c2nnc3n2[C@H](C)C(=O)N(Cc2ccccc2)C3)no1. The van der Waals surface area contributed by atoms with Crippen LogP contribution in [0.4, 0.5) is 0 Å². The lowest BCUT2D eigenvalue weighted by atomic mass is 10.1. The van der Waals surface area contributed by atoms with Gasteiger partial charge < -0.3 is 9.42 Å². The second-order valence-electron chi connectivity index (χ2n) is 7.44. The van der Waals surface area contributed by atoms with E-state index in [1.807, 2.05) is 52.8 Å². The van der Waals surface area contributed by atoms with Gasteiger partial charge in [-0.15, -0.1) is 10.2 Å². The average molecular weight is 365 g/mol. The van der Waals surface area contributed by atoms with Crippen molar-refractivity contribution >= 4 is 5.91 Å². The van der Waals surface area contributed by atoms with Crippen LogP contribution in [0.5, 0.6) is 0 Å². The van der Waals surface area contributed by atoms with E-state index in [-0.39, 0.29) is 11.9 Å². The predicted octanol–water partition coefficient (Wildman–Crippen LogP) is 3.24. The minimum Gasteiger partial charge on any atom is -0.361 e. The monoisotopic (exact) mass is 365 g/mol. The summed E-state index contributed by atoms with van der Waals surface area (Å²) in [6.07, 6.45) is 0.813. The number of benzene rings is 1. The molecule has 0 fully saturated rings. The van der Waals surface area contributed by atoms with Crippen molar-refractivity contribution in [3.8, 4) is 11.5 Å². The molecule has 0 bridgehead atoms. The van der Waals surface area contributed by atoms with Crippen molar-refractivity contribution in [2.24, 2.45) is 5.92 Å². The molecule has 7 heteroatoms. The second kappa shape index (κ2) is 6.98. The molecule has 0 unspecified atom stereocenters. The third-order valence-electron chi connectivity index (χ3n) is 4.77. The molecule has 1 atom stereocenters. The summed E-state index contributed by atoms with van der Waals surface area (Å²) in [5.41, 5.74) is 1.72. The summed E-state index contributed by atoms with van der Waals surface area (Å²) in [5, 5.41) is 12.8. The molecule has 3 aromatic rings. The van der Waals surface area contributed by atoms with Gasteiger partial charge in [0.15, 0.2) is 17.3 Å². The van der Waals surface area contributed by atoms with Gasteiger partial charge in [0.2, 0.25) is 5.91 Å². The lowest BCUT2D eigenvalue weighted by Gasteiger charge is -2.32. The van der Waals surface area contributed by atoms with E-state index in [9.17, 15) is 4.79 Å². The van der Waals surface area contributed by atoms with Gasteiger partial charge >= 0.3 is 0 Å². The molecular formula is C20H23N5O2. The average Bonchev–Trinajstić information content (AvgIpc) is 3.26. The first-order chi connectivity index (χ1) is 13.0. The van der Waals surface area contributed by atoms with Gasteiger partial charge in [-0.3, -0.25) is 9.36 Å². The zero-order valence-electron chi connectivity index (χ0n) is 15.8. The molecule has 27 heavy (non-hydrogen) atoms. The van der Waals surface area contributed by atoms with Crippen molar-refractivity contribution in [1.82, 2.24) is 24.8 Å². The fraction of sp³-hybridized carbons (Fsp3) is 0.400. The van der Waals surface area contributed by atoms with Crippen LogP contribution >= 0.6 is 0 Å². The highest BCUT2D eigenvalue weighted by Gasteiger charge is 2.34. The van der Waals surface area contributed by atoms with Gasteiger partial charge in [-0.25, -0.2) is 0 Å². The Labute approximate surface area is 158 Å². The number of nitrogens with zero attached hydrogens (tertiary/aromatic N) is 5. The van der Waals surface area contributed by atoms with Crippen LogP contribution in [0.2, 0.25) is 0 Å². The molecule has 1 aliphatic rings. The third kappa shape index (κ3) is 3.37. The Morgan fingerprint density at radius 1 is 1.22 bits per heavy atom. The minimum absolute atomic E-state index is 0.0540. The number of carbonyl (C=O) groups is 1. The molecule has 0 spiro atoms. The maximum atomic E-state index is 12.9. The van der Waals surface area contributed by atoms with E-state index in [1.165, 1.54) is 0 Å². The summed E-state index contributed by atoms with van der Waals surface area (Å²) < 4.78 is 7.30. The summed E-state index contributed by atoms with van der Waals surface area (Å²) in [7, 11) is 0. The summed E-state index contributed by atoms with van der Waals surface area (Å²) in [6.45, 7) is 7.13. The van der Waals surface area contributed by atoms with Gasteiger partial charge in [-0.2, -0.15) is 0 Å². The first-order valence-electron chi connectivity index (χ1n) is 9.25. The van der Waals surface area contributed by atoms with Crippen LogP contribution in [0.25, 0.3) is 11.5 Å². The lowest BCUT2D eigenvalue weighted by Crippen LogP contribution is -2.41. The highest BCUT2D eigenvalue weighted by Crippen LogP contribution is 2.29. The zero-order valence-corrected chi connectivity index (χ0v) is 15.8. The van der Waals surface area contributed by atoms with Crippen molar-refractivity contribution in [3.63, 3.8) is 0 Å². The van der Waals surface area contributed by atoms with Crippen LogP contribution in [0.1, 0.15) is 44.0 Å². The summed E-state index contributed by atoms with van der Waals surface area (Å²) in [5.74, 6) is 2.70. The summed E-state index contributed by atoms with van der Waals surface area (Å²) in [4.78, 5) is 14.8. The van der Waals surface area contributed by atoms with Crippen molar-refractivity contribution in [1.29, 1.82) is 0 Å². The number of amides is 1. The molecule has 0 saturated carbocycles. The Hall–Kier alpha value is -2.96. The highest BCUT2D eigenvalue weighted by molar-refractivity contribution is 5.81. The molecule has 0 radical (unpaired) electrons. The van der Waals surface area contributed by atoms with Crippen LogP contribution in [0, 0.1) is 5.92 Å². The molecule has 1 aromatic carbocycles. The van der Waals surface area contributed by atoms with Crippen molar-refractivity contribution < 1.29 is 9.32 Å². The molecule has 2 aromatic heterocycles.